The predicted octanol–water partition coefficient (Wildman–Crippen LogP) is 4.00. The Kier molecular flexibility index (Phi) is 4.59. The third kappa shape index (κ3) is 3.88. The van der Waals surface area contributed by atoms with Gasteiger partial charge in [0.15, 0.2) is 0 Å². The van der Waals surface area contributed by atoms with Crippen LogP contribution in [0.1, 0.15) is 5.56 Å². The maximum atomic E-state index is 13.7. The van der Waals surface area contributed by atoms with Crippen LogP contribution in [0.3, 0.4) is 0 Å². The summed E-state index contributed by atoms with van der Waals surface area (Å²) in [6.45, 7) is 0.0887. The molecule has 1 atom stereocenters. The highest BCUT2D eigenvalue weighted by molar-refractivity contribution is 7.91. The average Bonchev–Trinajstić information content (AvgIpc) is 2.58. The van der Waals surface area contributed by atoms with Crippen LogP contribution in [0.4, 0.5) is 4.39 Å². The monoisotopic (exact) mass is 360 g/mol. The Bertz CT molecular complexity index is 1040. The van der Waals surface area contributed by atoms with Crippen molar-refractivity contribution in [2.45, 2.75) is 11.5 Å². The van der Waals surface area contributed by atoms with E-state index in [-0.39, 0.29) is 11.5 Å². The van der Waals surface area contributed by atoms with Crippen LogP contribution in [0.15, 0.2) is 53.6 Å². The molecule has 0 radical (unpaired) electrons. The van der Waals surface area contributed by atoms with Crippen LogP contribution in [0.5, 0.6) is 11.5 Å². The van der Waals surface area contributed by atoms with E-state index in [9.17, 15) is 8.60 Å². The van der Waals surface area contributed by atoms with Crippen molar-refractivity contribution in [3.63, 3.8) is 0 Å². The fourth-order valence-corrected chi connectivity index (χ4v) is 3.16. The molecule has 1 aromatic heterocycles. The van der Waals surface area contributed by atoms with Gasteiger partial charge < -0.3 is 9.47 Å². The van der Waals surface area contributed by atoms with Gasteiger partial charge in [0.1, 0.15) is 23.9 Å². The highest BCUT2D eigenvalue weighted by atomic mass is 32.2. The number of nitrogens with one attached hydrogen (secondary N) is 1. The summed E-state index contributed by atoms with van der Waals surface area (Å²) >= 11 is 0. The van der Waals surface area contributed by atoms with Gasteiger partial charge in [-0.2, -0.15) is 0 Å². The summed E-state index contributed by atoms with van der Waals surface area (Å²) in [5, 5.41) is 0.805. The Hall–Kier alpha value is -2.67. The lowest BCUT2D eigenvalue weighted by molar-refractivity contribution is 0.309. The molecule has 1 heterocycles. The van der Waals surface area contributed by atoms with Gasteiger partial charge in [0, 0.05) is 23.9 Å². The van der Waals surface area contributed by atoms with Crippen molar-refractivity contribution < 1.29 is 18.1 Å². The molecule has 0 aliphatic carbocycles. The van der Waals surface area contributed by atoms with Crippen LogP contribution in [0.25, 0.3) is 10.9 Å². The molecule has 0 fully saturated rings. The van der Waals surface area contributed by atoms with Crippen LogP contribution in [-0.2, 0) is 16.3 Å². The molecule has 0 spiro atoms. The Balaban J connectivity index is 1.89. The molecule has 0 aliphatic heterocycles. The predicted molar refractivity (Wildman–Crippen MR) is 94.1 cm³/mol. The molecular weight excluding hydrogens is 343 g/mol. The molecule has 0 bridgehead atoms. The van der Waals surface area contributed by atoms with Crippen molar-refractivity contribution in [3.05, 3.63) is 60.0 Å². The molecule has 5 nitrogen and oxygen atoms in total. The van der Waals surface area contributed by atoms with Gasteiger partial charge in [0.2, 0.25) is 0 Å². The van der Waals surface area contributed by atoms with Crippen LogP contribution in [0.2, 0.25) is 0 Å². The molecule has 25 heavy (non-hydrogen) atoms. The fraction of sp³-hybridized carbons (Fsp3) is 0.167. The van der Waals surface area contributed by atoms with E-state index in [1.807, 2.05) is 12.1 Å². The molecule has 2 aromatic carbocycles. The van der Waals surface area contributed by atoms with Gasteiger partial charge in [-0.25, -0.2) is 13.4 Å². The first kappa shape index (κ1) is 17.2. The van der Waals surface area contributed by atoms with Crippen molar-refractivity contribution >= 4 is 20.6 Å². The lowest BCUT2D eigenvalue weighted by atomic mass is 10.2. The lowest BCUT2D eigenvalue weighted by Crippen LogP contribution is -2.01. The van der Waals surface area contributed by atoms with Gasteiger partial charge in [-0.1, -0.05) is 0 Å². The van der Waals surface area contributed by atoms with E-state index in [1.54, 1.807) is 25.4 Å². The highest BCUT2D eigenvalue weighted by Gasteiger charge is 2.09. The van der Waals surface area contributed by atoms with Crippen molar-refractivity contribution in [1.82, 2.24) is 4.98 Å². The molecule has 0 unspecified atom stereocenters. The third-order valence-corrected chi connectivity index (χ3v) is 4.82. The number of aromatic nitrogens is 1. The molecule has 0 saturated carbocycles. The minimum Gasteiger partial charge on any atom is -0.497 e. The average molecular weight is 360 g/mol. The Morgan fingerprint density at radius 1 is 1.20 bits per heavy atom. The van der Waals surface area contributed by atoms with Gasteiger partial charge in [-0.3, -0.25) is 4.98 Å². The number of halogens is 1. The van der Waals surface area contributed by atoms with E-state index in [0.717, 1.165) is 17.0 Å². The first-order chi connectivity index (χ1) is 11.9. The largest absolute Gasteiger partial charge is 0.497 e. The second-order valence-electron chi connectivity index (χ2n) is 5.62. The summed E-state index contributed by atoms with van der Waals surface area (Å²) in [6.07, 6.45) is 2.88. The fourth-order valence-electron chi connectivity index (χ4n) is 2.44. The molecular formula is C18H17FN2O3S. The van der Waals surface area contributed by atoms with E-state index >= 15 is 0 Å². The molecule has 130 valence electrons. The number of hydrogen-bond acceptors (Lipinski definition) is 5. The zero-order valence-electron chi connectivity index (χ0n) is 13.8. The quantitative estimate of drug-likeness (QED) is 0.746. The van der Waals surface area contributed by atoms with Crippen LogP contribution in [-0.4, -0.2) is 22.6 Å². The standard InChI is InChI=1S/C18H17FN2O3S/c1-23-14-3-4-16-17(10-14)21-6-5-18(16)24-11-12-7-13(19)9-15(8-12)25(2,20)22/h3-10,20H,11H2,1-2H3/t25-/m1/s1. The number of pyridine rings is 1. The SMILES string of the molecule is COc1ccc2c(OCc3cc(F)cc([S@](C)(=N)=O)c3)ccnc2c1. The van der Waals surface area contributed by atoms with E-state index in [2.05, 4.69) is 4.98 Å². The summed E-state index contributed by atoms with van der Waals surface area (Å²) in [5.41, 5.74) is 1.23. The highest BCUT2D eigenvalue weighted by Crippen LogP contribution is 2.28. The van der Waals surface area contributed by atoms with Crippen molar-refractivity contribution in [1.29, 1.82) is 4.78 Å². The van der Waals surface area contributed by atoms with Gasteiger partial charge >= 0.3 is 0 Å². The van der Waals surface area contributed by atoms with E-state index in [0.29, 0.717) is 17.1 Å². The summed E-state index contributed by atoms with van der Waals surface area (Å²) < 4.78 is 44.2. The lowest BCUT2D eigenvalue weighted by Gasteiger charge is -2.11. The maximum absolute atomic E-state index is 13.7. The van der Waals surface area contributed by atoms with Crippen LogP contribution < -0.4 is 9.47 Å². The number of nitrogens with zero attached hydrogens (tertiary/aromatic N) is 1. The van der Waals surface area contributed by atoms with Gasteiger partial charge in [0.25, 0.3) is 0 Å². The summed E-state index contributed by atoms with van der Waals surface area (Å²) in [7, 11) is -1.41. The zero-order chi connectivity index (χ0) is 18.0. The Labute approximate surface area is 145 Å². The summed E-state index contributed by atoms with van der Waals surface area (Å²) in [4.78, 5) is 4.43. The second kappa shape index (κ2) is 6.68. The maximum Gasteiger partial charge on any atom is 0.130 e. The number of benzene rings is 2. The molecule has 3 rings (SSSR count). The smallest absolute Gasteiger partial charge is 0.130 e. The van der Waals surface area contributed by atoms with Crippen molar-refractivity contribution in [3.8, 4) is 11.5 Å². The first-order valence-electron chi connectivity index (χ1n) is 7.45. The minimum atomic E-state index is -2.99. The van der Waals surface area contributed by atoms with Gasteiger partial charge in [-0.15, -0.1) is 0 Å². The van der Waals surface area contributed by atoms with Crippen LogP contribution in [0, 0.1) is 10.6 Å². The van der Waals surface area contributed by atoms with Gasteiger partial charge in [-0.05, 0) is 42.0 Å². The molecule has 3 aromatic rings. The third-order valence-electron chi connectivity index (χ3n) is 3.69. The van der Waals surface area contributed by atoms with Gasteiger partial charge in [0.05, 0.1) is 27.3 Å². The molecule has 0 aliphatic rings. The van der Waals surface area contributed by atoms with E-state index in [1.165, 1.54) is 18.4 Å². The van der Waals surface area contributed by atoms with Crippen molar-refractivity contribution in [2.75, 3.05) is 13.4 Å². The van der Waals surface area contributed by atoms with E-state index in [4.69, 9.17) is 14.3 Å². The van der Waals surface area contributed by atoms with E-state index < -0.39 is 15.5 Å². The molecule has 7 heteroatoms. The summed E-state index contributed by atoms with van der Waals surface area (Å²) in [6, 6.07) is 11.1. The Morgan fingerprint density at radius 3 is 2.72 bits per heavy atom. The number of methoxy groups -OCH3 is 1. The van der Waals surface area contributed by atoms with Crippen molar-refractivity contribution in [2.24, 2.45) is 0 Å². The number of rotatable bonds is 5. The number of hydrogen-bond donors (Lipinski definition) is 1. The first-order valence-corrected chi connectivity index (χ1v) is 9.42. The number of fused-ring (bicyclic) bond motifs is 1. The number of ether oxygens (including phenoxy) is 2. The second-order valence-corrected chi connectivity index (χ2v) is 7.78. The molecule has 0 amide bonds. The summed E-state index contributed by atoms with van der Waals surface area (Å²) in [5.74, 6) is 0.754. The Morgan fingerprint density at radius 2 is 2.00 bits per heavy atom. The zero-order valence-corrected chi connectivity index (χ0v) is 14.6. The molecule has 1 N–H and O–H groups in total. The molecule has 0 saturated heterocycles. The van der Waals surface area contributed by atoms with Crippen LogP contribution >= 0.6 is 0 Å². The minimum absolute atomic E-state index is 0.0887. The normalized spacial score (nSPS) is 13.4. The topological polar surface area (TPSA) is 72.3 Å².